The highest BCUT2D eigenvalue weighted by Crippen LogP contribution is 2.27. The Kier molecular flexibility index (Phi) is 4.42. The van der Waals surface area contributed by atoms with Crippen molar-refractivity contribution in [2.45, 2.75) is 13.0 Å². The Bertz CT molecular complexity index is 579. The molecule has 1 N–H and O–H groups in total. The number of nitrogens with zero attached hydrogens (tertiary/aromatic N) is 2. The quantitative estimate of drug-likeness (QED) is 0.913. The van der Waals surface area contributed by atoms with Gasteiger partial charge < -0.3 is 10.1 Å². The number of halogens is 1. The summed E-state index contributed by atoms with van der Waals surface area (Å²) in [6.07, 6.45) is 3.48. The maximum Gasteiger partial charge on any atom is 0.167 e. The summed E-state index contributed by atoms with van der Waals surface area (Å²) in [4.78, 5) is 8.30. The van der Waals surface area contributed by atoms with Crippen LogP contribution in [0, 0.1) is 5.82 Å². The van der Waals surface area contributed by atoms with E-state index in [1.807, 2.05) is 0 Å². The topological polar surface area (TPSA) is 47.0 Å². The van der Waals surface area contributed by atoms with Crippen molar-refractivity contribution in [3.63, 3.8) is 0 Å². The zero-order valence-electron chi connectivity index (χ0n) is 11.1. The molecule has 0 aliphatic carbocycles. The number of rotatable bonds is 5. The van der Waals surface area contributed by atoms with Crippen LogP contribution in [-0.4, -0.2) is 35.1 Å². The van der Waals surface area contributed by atoms with Gasteiger partial charge in [-0.05, 0) is 19.2 Å². The van der Waals surface area contributed by atoms with Gasteiger partial charge in [0.1, 0.15) is 12.1 Å². The molecule has 1 aromatic carbocycles. The Morgan fingerprint density at radius 3 is 2.89 bits per heavy atom. The molecule has 2 rings (SSSR count). The lowest BCUT2D eigenvalue weighted by Crippen LogP contribution is -2.18. The van der Waals surface area contributed by atoms with E-state index in [-0.39, 0.29) is 11.8 Å². The fourth-order valence-electron chi connectivity index (χ4n) is 1.85. The van der Waals surface area contributed by atoms with Gasteiger partial charge in [-0.25, -0.2) is 14.4 Å². The molecule has 19 heavy (non-hydrogen) atoms. The molecule has 0 spiro atoms. The second kappa shape index (κ2) is 6.06. The minimum absolute atomic E-state index is 0.197. The second-order valence-electron chi connectivity index (χ2n) is 4.23. The Balaban J connectivity index is 2.43. The van der Waals surface area contributed by atoms with Gasteiger partial charge in [0.05, 0.1) is 12.6 Å². The Morgan fingerprint density at radius 1 is 1.42 bits per heavy atom. The van der Waals surface area contributed by atoms with Gasteiger partial charge in [0.2, 0.25) is 0 Å². The summed E-state index contributed by atoms with van der Waals surface area (Å²) >= 11 is 1.75. The first-order chi connectivity index (χ1) is 9.15. The van der Waals surface area contributed by atoms with Crippen LogP contribution in [-0.2, 0) is 0 Å². The molecule has 0 amide bonds. The molecule has 0 fully saturated rings. The molecular formula is C13H16FN3OS. The molecule has 1 aromatic heterocycles. The number of nitrogens with one attached hydrogen (secondary N) is 1. The molecule has 4 nitrogen and oxygen atoms in total. The van der Waals surface area contributed by atoms with E-state index in [0.717, 1.165) is 11.1 Å². The van der Waals surface area contributed by atoms with Crippen LogP contribution in [0.25, 0.3) is 10.9 Å². The minimum atomic E-state index is -0.420. The van der Waals surface area contributed by atoms with Crippen LogP contribution in [0.2, 0.25) is 0 Å². The van der Waals surface area contributed by atoms with E-state index in [4.69, 9.17) is 4.74 Å². The number of benzene rings is 1. The van der Waals surface area contributed by atoms with Crippen LogP contribution in [0.15, 0.2) is 18.5 Å². The van der Waals surface area contributed by atoms with E-state index in [2.05, 4.69) is 28.5 Å². The number of ether oxygens (including phenoxy) is 1. The monoisotopic (exact) mass is 281 g/mol. The highest BCUT2D eigenvalue weighted by atomic mass is 32.2. The van der Waals surface area contributed by atoms with Crippen LogP contribution < -0.4 is 10.1 Å². The van der Waals surface area contributed by atoms with Gasteiger partial charge >= 0.3 is 0 Å². The Hall–Kier alpha value is -1.56. The fourth-order valence-corrected chi connectivity index (χ4v) is 2.44. The van der Waals surface area contributed by atoms with Gasteiger partial charge in [-0.3, -0.25) is 0 Å². The number of anilines is 1. The summed E-state index contributed by atoms with van der Waals surface area (Å²) < 4.78 is 18.6. The third kappa shape index (κ3) is 3.07. The molecule has 0 aliphatic rings. The van der Waals surface area contributed by atoms with E-state index in [1.165, 1.54) is 19.5 Å². The van der Waals surface area contributed by atoms with Gasteiger partial charge in [0.15, 0.2) is 11.6 Å². The first kappa shape index (κ1) is 13.9. The van der Waals surface area contributed by atoms with Gasteiger partial charge in [-0.2, -0.15) is 11.8 Å². The maximum atomic E-state index is 13.6. The van der Waals surface area contributed by atoms with Crippen molar-refractivity contribution < 1.29 is 9.13 Å². The van der Waals surface area contributed by atoms with E-state index in [1.54, 1.807) is 17.8 Å². The van der Waals surface area contributed by atoms with E-state index in [0.29, 0.717) is 11.3 Å². The van der Waals surface area contributed by atoms with E-state index in [9.17, 15) is 4.39 Å². The third-order valence-electron chi connectivity index (χ3n) is 2.71. The highest BCUT2D eigenvalue weighted by Gasteiger charge is 2.11. The average molecular weight is 281 g/mol. The molecule has 0 saturated heterocycles. The molecule has 1 atom stereocenters. The summed E-state index contributed by atoms with van der Waals surface area (Å²) in [6.45, 7) is 2.07. The lowest BCUT2D eigenvalue weighted by molar-refractivity contribution is 0.387. The predicted molar refractivity (Wildman–Crippen MR) is 77.5 cm³/mol. The van der Waals surface area contributed by atoms with E-state index < -0.39 is 5.82 Å². The van der Waals surface area contributed by atoms with E-state index >= 15 is 0 Å². The Morgan fingerprint density at radius 2 is 2.21 bits per heavy atom. The summed E-state index contributed by atoms with van der Waals surface area (Å²) in [6, 6.07) is 3.25. The zero-order chi connectivity index (χ0) is 13.8. The molecular weight excluding hydrogens is 265 g/mol. The largest absolute Gasteiger partial charge is 0.494 e. The summed E-state index contributed by atoms with van der Waals surface area (Å²) in [5, 5.41) is 4.06. The van der Waals surface area contributed by atoms with Crippen molar-refractivity contribution in [1.29, 1.82) is 0 Å². The molecule has 0 bridgehead atoms. The number of fused-ring (bicyclic) bond motifs is 1. The number of thioether (sulfide) groups is 1. The van der Waals surface area contributed by atoms with Gasteiger partial charge in [-0.1, -0.05) is 0 Å². The molecule has 0 aliphatic heterocycles. The maximum absolute atomic E-state index is 13.6. The SMILES string of the molecule is COc1cc2c(NC(C)CSC)ncnc2cc1F. The van der Waals surface area contributed by atoms with Crippen LogP contribution in [0.3, 0.4) is 0 Å². The van der Waals surface area contributed by atoms with Gasteiger partial charge in [0, 0.05) is 23.2 Å². The average Bonchev–Trinajstić information content (AvgIpc) is 2.38. The van der Waals surface area contributed by atoms with Crippen molar-refractivity contribution in [2.24, 2.45) is 0 Å². The number of aromatic nitrogens is 2. The number of hydrogen-bond acceptors (Lipinski definition) is 5. The molecule has 1 unspecified atom stereocenters. The number of methoxy groups -OCH3 is 1. The smallest absolute Gasteiger partial charge is 0.167 e. The van der Waals surface area contributed by atoms with Crippen molar-refractivity contribution in [2.75, 3.05) is 24.4 Å². The highest BCUT2D eigenvalue weighted by molar-refractivity contribution is 7.98. The normalized spacial score (nSPS) is 12.4. The molecule has 102 valence electrons. The van der Waals surface area contributed by atoms with Crippen LogP contribution in [0.4, 0.5) is 10.2 Å². The molecule has 1 heterocycles. The first-order valence-electron chi connectivity index (χ1n) is 5.89. The van der Waals surface area contributed by atoms with Gasteiger partial charge in [-0.15, -0.1) is 0 Å². The second-order valence-corrected chi connectivity index (χ2v) is 5.14. The minimum Gasteiger partial charge on any atom is -0.494 e. The van der Waals surface area contributed by atoms with Crippen LogP contribution in [0.5, 0.6) is 5.75 Å². The molecule has 0 saturated carbocycles. The van der Waals surface area contributed by atoms with Crippen LogP contribution in [0.1, 0.15) is 6.92 Å². The van der Waals surface area contributed by atoms with Gasteiger partial charge in [0.25, 0.3) is 0 Å². The number of hydrogen-bond donors (Lipinski definition) is 1. The molecule has 6 heteroatoms. The van der Waals surface area contributed by atoms with Crippen molar-refractivity contribution >= 4 is 28.5 Å². The van der Waals surface area contributed by atoms with Crippen molar-refractivity contribution in [1.82, 2.24) is 9.97 Å². The third-order valence-corrected chi connectivity index (χ3v) is 3.54. The summed E-state index contributed by atoms with van der Waals surface area (Å²) in [7, 11) is 1.44. The Labute approximate surface area is 115 Å². The fraction of sp³-hybridized carbons (Fsp3) is 0.385. The molecule has 0 radical (unpaired) electrons. The lowest BCUT2D eigenvalue weighted by Gasteiger charge is -2.15. The summed E-state index contributed by atoms with van der Waals surface area (Å²) in [5.41, 5.74) is 0.562. The zero-order valence-corrected chi connectivity index (χ0v) is 11.9. The first-order valence-corrected chi connectivity index (χ1v) is 7.28. The lowest BCUT2D eigenvalue weighted by atomic mass is 10.2. The predicted octanol–water partition coefficient (Wildman–Crippen LogP) is 2.94. The van der Waals surface area contributed by atoms with Crippen LogP contribution >= 0.6 is 11.8 Å². The van der Waals surface area contributed by atoms with Crippen molar-refractivity contribution in [3.8, 4) is 5.75 Å². The molecule has 2 aromatic rings. The summed E-state index contributed by atoms with van der Waals surface area (Å²) in [5.74, 6) is 1.44. The van der Waals surface area contributed by atoms with Crippen molar-refractivity contribution in [3.05, 3.63) is 24.3 Å². The standard InChI is InChI=1S/C13H16FN3OS/c1-8(6-19-3)17-13-9-4-12(18-2)10(14)5-11(9)15-7-16-13/h4-5,7-8H,6H2,1-3H3,(H,15,16,17).